The van der Waals surface area contributed by atoms with Gasteiger partial charge in [0.05, 0.1) is 39.4 Å². The maximum absolute atomic E-state index is 11.9. The van der Waals surface area contributed by atoms with Gasteiger partial charge in [-0.25, -0.2) is 0 Å². The summed E-state index contributed by atoms with van der Waals surface area (Å²) in [5.74, 6) is -0.0555. The van der Waals surface area contributed by atoms with E-state index in [2.05, 4.69) is 62.1 Å². The zero-order valence-electron chi connectivity index (χ0n) is 21.6. The lowest BCUT2D eigenvalue weighted by molar-refractivity contribution is 0.0959. The van der Waals surface area contributed by atoms with Crippen LogP contribution in [0.4, 0.5) is 0 Å². The Balaban J connectivity index is 0.000000340. The number of nitrogens with zero attached hydrogens (tertiary/aromatic N) is 2. The number of rotatable bonds is 6. The van der Waals surface area contributed by atoms with E-state index in [1.165, 1.54) is 0 Å². The number of nitrogens with one attached hydrogen (secondary N) is 2. The van der Waals surface area contributed by atoms with Gasteiger partial charge in [-0.05, 0) is 55.3 Å². The van der Waals surface area contributed by atoms with E-state index in [0.29, 0.717) is 16.7 Å². The second kappa shape index (κ2) is 12.6. The topological polar surface area (TPSA) is 88.7 Å². The van der Waals surface area contributed by atoms with Crippen molar-refractivity contribution >= 4 is 39.3 Å². The van der Waals surface area contributed by atoms with E-state index >= 15 is 0 Å². The molecular weight excluding hydrogens is 473 g/mol. The highest BCUT2D eigenvalue weighted by Gasteiger charge is 2.16. The smallest absolute Gasteiger partial charge is 0.251 e. The average Bonchev–Trinajstić information content (AvgIpc) is 2.75. The second-order valence-corrected chi connectivity index (χ2v) is 22.1. The lowest BCUT2D eigenvalue weighted by Gasteiger charge is -2.18. The normalized spacial score (nSPS) is 10.8. The fourth-order valence-corrected chi connectivity index (χ4v) is 4.48. The largest absolute Gasteiger partial charge is 0.379 e. The molecule has 0 bridgehead atoms. The molecule has 0 aromatic heterocycles. The SMILES string of the molecule is Cc1cc(C(=O)NC[Si](C)(C)C)ccc1C#N.Cc1cc(C(=S)NC[Si](C)(C)C)ccc1C#N. The molecule has 0 radical (unpaired) electrons. The van der Waals surface area contributed by atoms with Crippen LogP contribution < -0.4 is 10.6 Å². The molecule has 180 valence electrons. The first-order chi connectivity index (χ1) is 15.7. The highest BCUT2D eigenvalue weighted by atomic mass is 32.1. The molecule has 0 aliphatic heterocycles. The van der Waals surface area contributed by atoms with Gasteiger partial charge in [-0.3, -0.25) is 4.79 Å². The predicted molar refractivity (Wildman–Crippen MR) is 151 cm³/mol. The average molecular weight is 509 g/mol. The third-order valence-electron chi connectivity index (χ3n) is 4.78. The van der Waals surface area contributed by atoms with Gasteiger partial charge in [-0.2, -0.15) is 10.5 Å². The molecule has 2 aromatic carbocycles. The van der Waals surface area contributed by atoms with Gasteiger partial charge in [0.2, 0.25) is 0 Å². The molecule has 0 aliphatic carbocycles. The molecule has 0 saturated heterocycles. The van der Waals surface area contributed by atoms with Crippen molar-refractivity contribution in [3.05, 3.63) is 69.8 Å². The first-order valence-corrected chi connectivity index (χ1v) is 19.1. The maximum Gasteiger partial charge on any atom is 0.251 e. The first kappa shape index (κ1) is 29.2. The number of aryl methyl sites for hydroxylation is 2. The molecule has 34 heavy (non-hydrogen) atoms. The third-order valence-corrected chi connectivity index (χ3v) is 7.63. The summed E-state index contributed by atoms with van der Waals surface area (Å²) >= 11 is 5.36. The molecule has 8 heteroatoms. The van der Waals surface area contributed by atoms with Gasteiger partial charge >= 0.3 is 0 Å². The number of amides is 1. The number of carbonyl (C=O) groups is 1. The van der Waals surface area contributed by atoms with E-state index in [1.54, 1.807) is 18.2 Å². The highest BCUT2D eigenvalue weighted by molar-refractivity contribution is 7.80. The van der Waals surface area contributed by atoms with Gasteiger partial charge in [0.15, 0.2) is 0 Å². The van der Waals surface area contributed by atoms with Gasteiger partial charge in [-0.1, -0.05) is 57.6 Å². The molecule has 0 aliphatic rings. The van der Waals surface area contributed by atoms with Crippen LogP contribution in [-0.4, -0.2) is 39.4 Å². The number of carbonyl (C=O) groups excluding carboxylic acids is 1. The summed E-state index contributed by atoms with van der Waals surface area (Å²) in [5.41, 5.74) is 4.76. The summed E-state index contributed by atoms with van der Waals surface area (Å²) in [6.45, 7) is 17.3. The van der Waals surface area contributed by atoms with Crippen molar-refractivity contribution in [2.24, 2.45) is 0 Å². The van der Waals surface area contributed by atoms with E-state index in [0.717, 1.165) is 34.0 Å². The highest BCUT2D eigenvalue weighted by Crippen LogP contribution is 2.12. The van der Waals surface area contributed by atoms with Crippen LogP contribution in [0.25, 0.3) is 0 Å². The molecule has 2 rings (SSSR count). The quantitative estimate of drug-likeness (QED) is 0.398. The van der Waals surface area contributed by atoms with Gasteiger partial charge in [-0.15, -0.1) is 0 Å². The number of thiocarbonyl (C=S) groups is 1. The van der Waals surface area contributed by atoms with Gasteiger partial charge in [0, 0.05) is 23.5 Å². The van der Waals surface area contributed by atoms with E-state index in [1.807, 2.05) is 32.0 Å². The van der Waals surface area contributed by atoms with Crippen LogP contribution in [0.5, 0.6) is 0 Å². The zero-order chi connectivity index (χ0) is 26.1. The fourth-order valence-electron chi connectivity index (χ4n) is 2.76. The molecule has 0 fully saturated rings. The van der Waals surface area contributed by atoms with E-state index in [9.17, 15) is 4.79 Å². The fraction of sp³-hybridized carbons (Fsp3) is 0.385. The molecule has 0 unspecified atom stereocenters. The Labute approximate surface area is 212 Å². The Morgan fingerprint density at radius 3 is 1.62 bits per heavy atom. The number of hydrogen-bond donors (Lipinski definition) is 2. The second-order valence-electron chi connectivity index (χ2n) is 10.8. The first-order valence-electron chi connectivity index (χ1n) is 11.2. The molecule has 0 atom stereocenters. The Bertz CT molecular complexity index is 1030. The van der Waals surface area contributed by atoms with Gasteiger partial charge < -0.3 is 10.6 Å². The Hall–Kier alpha value is -2.79. The molecule has 1 amide bonds. The zero-order valence-corrected chi connectivity index (χ0v) is 24.4. The predicted octanol–water partition coefficient (Wildman–Crippen LogP) is 5.48. The van der Waals surface area contributed by atoms with Crippen LogP contribution in [0.15, 0.2) is 36.4 Å². The number of benzene rings is 2. The number of nitriles is 2. The molecule has 0 saturated carbocycles. The van der Waals surface area contributed by atoms with Crippen molar-refractivity contribution in [1.82, 2.24) is 10.6 Å². The van der Waals surface area contributed by atoms with Crippen molar-refractivity contribution in [2.45, 2.75) is 53.1 Å². The third kappa shape index (κ3) is 10.4. The lowest BCUT2D eigenvalue weighted by atomic mass is 10.1. The van der Waals surface area contributed by atoms with Crippen LogP contribution in [0.3, 0.4) is 0 Å². The molecule has 2 aromatic rings. The van der Waals surface area contributed by atoms with Crippen molar-refractivity contribution in [3.63, 3.8) is 0 Å². The van der Waals surface area contributed by atoms with Gasteiger partial charge in [0.25, 0.3) is 5.91 Å². The summed E-state index contributed by atoms with van der Waals surface area (Å²) in [4.78, 5) is 12.6. The molecule has 0 spiro atoms. The maximum atomic E-state index is 11.9. The summed E-state index contributed by atoms with van der Waals surface area (Å²) in [6, 6.07) is 15.1. The summed E-state index contributed by atoms with van der Waals surface area (Å²) < 4.78 is 0. The molecule has 2 N–H and O–H groups in total. The van der Waals surface area contributed by atoms with E-state index in [4.69, 9.17) is 22.7 Å². The minimum absolute atomic E-state index is 0.0555. The van der Waals surface area contributed by atoms with Gasteiger partial charge in [0.1, 0.15) is 4.99 Å². The van der Waals surface area contributed by atoms with Crippen LogP contribution in [0.2, 0.25) is 39.3 Å². The summed E-state index contributed by atoms with van der Waals surface area (Å²) in [6.07, 6.45) is 1.75. The van der Waals surface area contributed by atoms with Crippen LogP contribution in [0, 0.1) is 36.5 Å². The van der Waals surface area contributed by atoms with Crippen molar-refractivity contribution < 1.29 is 4.79 Å². The number of hydrogen-bond acceptors (Lipinski definition) is 4. The summed E-state index contributed by atoms with van der Waals surface area (Å²) in [7, 11) is -2.40. The molecular formula is C26H36N4OSSi2. The lowest BCUT2D eigenvalue weighted by Crippen LogP contribution is -2.39. The van der Waals surface area contributed by atoms with E-state index in [-0.39, 0.29) is 5.91 Å². The monoisotopic (exact) mass is 508 g/mol. The van der Waals surface area contributed by atoms with Crippen molar-refractivity contribution in [3.8, 4) is 12.1 Å². The minimum atomic E-state index is -1.27. The summed E-state index contributed by atoms with van der Waals surface area (Å²) in [5, 5.41) is 23.9. The molecule has 0 heterocycles. The Morgan fingerprint density at radius 1 is 0.794 bits per heavy atom. The standard InChI is InChI=1S/C13H18N2OSi.C13H18N2SSi/c2*1-10-7-11(5-6-12(10)8-14)13(16)15-9-17(2,3)4/h2*5-7H,9H2,1-4H3,(H,15,16). The van der Waals surface area contributed by atoms with Crippen molar-refractivity contribution in [2.75, 3.05) is 12.3 Å². The van der Waals surface area contributed by atoms with Crippen LogP contribution in [0.1, 0.15) is 38.2 Å². The Morgan fingerprint density at radius 2 is 1.21 bits per heavy atom. The van der Waals surface area contributed by atoms with Crippen molar-refractivity contribution in [1.29, 1.82) is 10.5 Å². The minimum Gasteiger partial charge on any atom is -0.379 e. The Kier molecular flexibility index (Phi) is 10.8. The van der Waals surface area contributed by atoms with Crippen LogP contribution >= 0.6 is 12.2 Å². The van der Waals surface area contributed by atoms with E-state index < -0.39 is 16.1 Å². The van der Waals surface area contributed by atoms with Crippen LogP contribution in [-0.2, 0) is 0 Å². The molecule has 5 nitrogen and oxygen atoms in total.